The first-order chi connectivity index (χ1) is 15.2. The first-order valence-corrected chi connectivity index (χ1v) is 13.4. The number of amides is 1. The Labute approximate surface area is 198 Å². The fraction of sp³-hybridized carbons (Fsp3) is 0.391. The van der Waals surface area contributed by atoms with E-state index in [1.807, 2.05) is 26.0 Å². The van der Waals surface area contributed by atoms with E-state index in [2.05, 4.69) is 23.7 Å². The summed E-state index contributed by atoms with van der Waals surface area (Å²) < 4.78 is 26.6. The van der Waals surface area contributed by atoms with Crippen LogP contribution in [0.1, 0.15) is 25.0 Å². The van der Waals surface area contributed by atoms with E-state index >= 15 is 0 Å². The van der Waals surface area contributed by atoms with Gasteiger partial charge in [-0.15, -0.1) is 0 Å². The Hall–Kier alpha value is -2.00. The van der Waals surface area contributed by atoms with Gasteiger partial charge < -0.3 is 4.90 Å². The zero-order valence-corrected chi connectivity index (χ0v) is 21.1. The van der Waals surface area contributed by atoms with E-state index < -0.39 is 21.5 Å². The molecule has 0 aliphatic carbocycles. The van der Waals surface area contributed by atoms with E-state index in [0.717, 1.165) is 34.4 Å². The molecule has 0 atom stereocenters. The third kappa shape index (κ3) is 5.49. The molecule has 0 aliphatic rings. The predicted molar refractivity (Wildman–Crippen MR) is 133 cm³/mol. The van der Waals surface area contributed by atoms with Gasteiger partial charge in [0.2, 0.25) is 5.91 Å². The fourth-order valence-corrected chi connectivity index (χ4v) is 5.94. The largest absolute Gasteiger partial charge is 0.302 e. The maximum absolute atomic E-state index is 13.3. The lowest BCUT2D eigenvalue weighted by molar-refractivity contribution is -0.116. The molecule has 0 bridgehead atoms. The Bertz CT molecular complexity index is 1160. The number of hydrogen-bond acceptors (Lipinski definition) is 6. The zero-order chi connectivity index (χ0) is 23.5. The Morgan fingerprint density at radius 1 is 1.03 bits per heavy atom. The molecule has 3 rings (SSSR count). The van der Waals surface area contributed by atoms with Crippen molar-refractivity contribution in [2.75, 3.05) is 36.8 Å². The number of likely N-dealkylation sites (N-methyl/N-ethyl adjacent to an activating group) is 1. The third-order valence-electron chi connectivity index (χ3n) is 5.45. The Kier molecular flexibility index (Phi) is 7.92. The summed E-state index contributed by atoms with van der Waals surface area (Å²) in [7, 11) is -3.78. The van der Waals surface area contributed by atoms with Crippen molar-refractivity contribution >= 4 is 54.0 Å². The van der Waals surface area contributed by atoms with Gasteiger partial charge in [-0.05, 0) is 50.7 Å². The van der Waals surface area contributed by atoms with E-state index in [0.29, 0.717) is 23.2 Å². The van der Waals surface area contributed by atoms with Crippen molar-refractivity contribution < 1.29 is 13.2 Å². The molecule has 172 valence electrons. The third-order valence-corrected chi connectivity index (χ3v) is 8.60. The molecule has 2 aromatic carbocycles. The van der Waals surface area contributed by atoms with Crippen LogP contribution < -0.4 is 4.90 Å². The standard InChI is InChI=1S/C23H28ClN3O3S2/c1-5-26(6-2)13-14-27(23-25-21-17(4)9-12-19(24)22(21)31-23)20(28)15-32(29,30)18-10-7-16(3)8-11-18/h7-12H,5-6,13-15H2,1-4H3. The van der Waals surface area contributed by atoms with Crippen molar-refractivity contribution in [3.63, 3.8) is 0 Å². The molecule has 0 saturated carbocycles. The van der Waals surface area contributed by atoms with Gasteiger partial charge in [0.05, 0.1) is 20.1 Å². The number of fused-ring (bicyclic) bond motifs is 1. The van der Waals surface area contributed by atoms with Crippen LogP contribution in [-0.4, -0.2) is 56.1 Å². The van der Waals surface area contributed by atoms with Crippen LogP contribution in [0.25, 0.3) is 10.2 Å². The molecule has 9 heteroatoms. The number of thiazole rings is 1. The minimum Gasteiger partial charge on any atom is -0.302 e. The van der Waals surface area contributed by atoms with E-state index in [-0.39, 0.29) is 4.90 Å². The first-order valence-electron chi connectivity index (χ1n) is 10.5. The number of anilines is 1. The van der Waals surface area contributed by atoms with Gasteiger partial charge in [0, 0.05) is 13.1 Å². The molecule has 3 aromatic rings. The highest BCUT2D eigenvalue weighted by Gasteiger charge is 2.27. The molecule has 0 N–H and O–H groups in total. The lowest BCUT2D eigenvalue weighted by Gasteiger charge is -2.24. The predicted octanol–water partition coefficient (Wildman–Crippen LogP) is 4.72. The van der Waals surface area contributed by atoms with Crippen molar-refractivity contribution in [1.29, 1.82) is 0 Å². The minimum atomic E-state index is -3.78. The summed E-state index contributed by atoms with van der Waals surface area (Å²) in [6, 6.07) is 10.2. The summed E-state index contributed by atoms with van der Waals surface area (Å²) in [6.45, 7) is 10.6. The molecule has 32 heavy (non-hydrogen) atoms. The highest BCUT2D eigenvalue weighted by Crippen LogP contribution is 2.35. The number of carbonyl (C=O) groups excluding carboxylic acids is 1. The van der Waals surface area contributed by atoms with Crippen molar-refractivity contribution in [3.8, 4) is 0 Å². The summed E-state index contributed by atoms with van der Waals surface area (Å²) in [4.78, 5) is 21.8. The number of sulfone groups is 1. The summed E-state index contributed by atoms with van der Waals surface area (Å²) in [5.41, 5.74) is 2.65. The van der Waals surface area contributed by atoms with Gasteiger partial charge in [0.15, 0.2) is 15.0 Å². The number of carbonyl (C=O) groups is 1. The van der Waals surface area contributed by atoms with Crippen molar-refractivity contribution in [2.24, 2.45) is 0 Å². The van der Waals surface area contributed by atoms with E-state index in [1.54, 1.807) is 24.3 Å². The van der Waals surface area contributed by atoms with Gasteiger partial charge in [-0.25, -0.2) is 13.4 Å². The van der Waals surface area contributed by atoms with Crippen molar-refractivity contribution in [1.82, 2.24) is 9.88 Å². The Morgan fingerprint density at radius 2 is 1.69 bits per heavy atom. The highest BCUT2D eigenvalue weighted by atomic mass is 35.5. The fourth-order valence-electron chi connectivity index (χ4n) is 3.38. The van der Waals surface area contributed by atoms with E-state index in [9.17, 15) is 13.2 Å². The summed E-state index contributed by atoms with van der Waals surface area (Å²) in [5.74, 6) is -1.11. The second-order valence-corrected chi connectivity index (χ2v) is 11.1. The van der Waals surface area contributed by atoms with Crippen LogP contribution >= 0.6 is 22.9 Å². The summed E-state index contributed by atoms with van der Waals surface area (Å²) in [6.07, 6.45) is 0. The monoisotopic (exact) mass is 493 g/mol. The quantitative estimate of drug-likeness (QED) is 0.431. The summed E-state index contributed by atoms with van der Waals surface area (Å²) >= 11 is 7.67. The molecule has 1 aromatic heterocycles. The van der Waals surface area contributed by atoms with Gasteiger partial charge in [-0.3, -0.25) is 9.69 Å². The first kappa shape index (κ1) is 24.6. The Balaban J connectivity index is 1.95. The number of rotatable bonds is 9. The highest BCUT2D eigenvalue weighted by molar-refractivity contribution is 7.92. The molecule has 0 saturated heterocycles. The van der Waals surface area contributed by atoms with Gasteiger partial charge in [-0.2, -0.15) is 0 Å². The van der Waals surface area contributed by atoms with Crippen molar-refractivity contribution in [3.05, 3.63) is 52.5 Å². The van der Waals surface area contributed by atoms with E-state index in [1.165, 1.54) is 16.2 Å². The van der Waals surface area contributed by atoms with Crippen LogP contribution in [-0.2, 0) is 14.6 Å². The SMILES string of the molecule is CCN(CC)CCN(C(=O)CS(=O)(=O)c1ccc(C)cc1)c1nc2c(C)ccc(Cl)c2s1. The number of aromatic nitrogens is 1. The molecule has 6 nitrogen and oxygen atoms in total. The van der Waals surface area contributed by atoms with E-state index in [4.69, 9.17) is 11.6 Å². The van der Waals surface area contributed by atoms with Gasteiger partial charge in [0.1, 0.15) is 5.75 Å². The Morgan fingerprint density at radius 3 is 2.28 bits per heavy atom. The maximum atomic E-state index is 13.3. The van der Waals surface area contributed by atoms with Gasteiger partial charge in [0.25, 0.3) is 0 Å². The number of aryl methyl sites for hydroxylation is 2. The number of nitrogens with zero attached hydrogens (tertiary/aromatic N) is 3. The number of hydrogen-bond donors (Lipinski definition) is 0. The molecule has 0 fully saturated rings. The molecule has 0 unspecified atom stereocenters. The average molecular weight is 494 g/mol. The molecular formula is C23H28ClN3O3S2. The normalized spacial score (nSPS) is 11.9. The summed E-state index contributed by atoms with van der Waals surface area (Å²) in [5, 5.41) is 1.03. The average Bonchev–Trinajstić information content (AvgIpc) is 3.20. The van der Waals surface area contributed by atoms with Crippen LogP contribution in [0.5, 0.6) is 0 Å². The molecule has 0 spiro atoms. The van der Waals surface area contributed by atoms with Crippen LogP contribution in [0.4, 0.5) is 5.13 Å². The second-order valence-electron chi connectivity index (χ2n) is 7.68. The lowest BCUT2D eigenvalue weighted by Crippen LogP contribution is -2.41. The van der Waals surface area contributed by atoms with Crippen LogP contribution in [0.15, 0.2) is 41.3 Å². The van der Waals surface area contributed by atoms with Gasteiger partial charge >= 0.3 is 0 Å². The van der Waals surface area contributed by atoms with Crippen LogP contribution in [0.2, 0.25) is 5.02 Å². The smallest absolute Gasteiger partial charge is 0.244 e. The van der Waals surface area contributed by atoms with Crippen molar-refractivity contribution in [2.45, 2.75) is 32.6 Å². The lowest BCUT2D eigenvalue weighted by atomic mass is 10.2. The van der Waals surface area contributed by atoms with Crippen LogP contribution in [0, 0.1) is 13.8 Å². The second kappa shape index (κ2) is 10.3. The maximum Gasteiger partial charge on any atom is 0.244 e. The molecular weight excluding hydrogens is 466 g/mol. The molecule has 0 radical (unpaired) electrons. The number of benzene rings is 2. The molecule has 1 heterocycles. The topological polar surface area (TPSA) is 70.6 Å². The van der Waals surface area contributed by atoms with Crippen LogP contribution in [0.3, 0.4) is 0 Å². The molecule has 0 aliphatic heterocycles. The molecule has 1 amide bonds. The zero-order valence-electron chi connectivity index (χ0n) is 18.8. The number of halogens is 1. The minimum absolute atomic E-state index is 0.142. The van der Waals surface area contributed by atoms with Gasteiger partial charge in [-0.1, -0.05) is 60.5 Å².